The Morgan fingerprint density at radius 2 is 2.12 bits per heavy atom. The van der Waals surface area contributed by atoms with E-state index in [0.717, 1.165) is 41.0 Å². The van der Waals surface area contributed by atoms with Gasteiger partial charge in [0.25, 0.3) is 0 Å². The minimum atomic E-state index is -0.371. The Kier molecular flexibility index (Phi) is 2.30. The van der Waals surface area contributed by atoms with Crippen LogP contribution in [0.1, 0.15) is 37.9 Å². The molecule has 1 aromatic rings. The molecule has 1 N–H and O–H groups in total. The Balaban J connectivity index is 1.95. The van der Waals surface area contributed by atoms with E-state index in [4.69, 9.17) is 4.74 Å². The summed E-state index contributed by atoms with van der Waals surface area (Å²) in [5.74, 6) is 1.57. The van der Waals surface area contributed by atoms with Gasteiger partial charge in [-0.2, -0.15) is 0 Å². The number of hydrogen-bond donors (Lipinski definition) is 1. The highest BCUT2D eigenvalue weighted by molar-refractivity contribution is 9.10. The van der Waals surface area contributed by atoms with Crippen LogP contribution in [0.25, 0.3) is 0 Å². The molecule has 16 heavy (non-hydrogen) atoms. The van der Waals surface area contributed by atoms with E-state index in [9.17, 15) is 5.11 Å². The number of ether oxygens (including phenoxy) is 1. The summed E-state index contributed by atoms with van der Waals surface area (Å²) in [6.07, 6.45) is 2.50. The summed E-state index contributed by atoms with van der Waals surface area (Å²) < 4.78 is 7.09. The molecule has 86 valence electrons. The van der Waals surface area contributed by atoms with Crippen LogP contribution >= 0.6 is 15.9 Å². The van der Waals surface area contributed by atoms with Crippen LogP contribution in [0.4, 0.5) is 0 Å². The van der Waals surface area contributed by atoms with Crippen molar-refractivity contribution in [2.24, 2.45) is 5.92 Å². The standard InChI is InChI=1S/C13H15BrO2/c1-8-5-13(6-8)7-11(15)10-3-2-9(14)4-12(10)16-13/h2-4,8,11,15H,5-7H2,1H3/t8?,11-,13?/m1/s1. The molecule has 2 nitrogen and oxygen atoms in total. The zero-order valence-corrected chi connectivity index (χ0v) is 10.8. The molecule has 0 radical (unpaired) electrons. The second-order valence-electron chi connectivity index (χ2n) is 5.20. The fraction of sp³-hybridized carbons (Fsp3) is 0.538. The average molecular weight is 283 g/mol. The van der Waals surface area contributed by atoms with Gasteiger partial charge < -0.3 is 9.84 Å². The first-order chi connectivity index (χ1) is 7.58. The molecule has 0 unspecified atom stereocenters. The van der Waals surface area contributed by atoms with Gasteiger partial charge in [0.05, 0.1) is 6.10 Å². The molecule has 1 saturated carbocycles. The fourth-order valence-corrected chi connectivity index (χ4v) is 3.41. The molecule has 1 spiro atoms. The maximum absolute atomic E-state index is 10.1. The predicted octanol–water partition coefficient (Wildman–Crippen LogP) is 3.43. The summed E-state index contributed by atoms with van der Waals surface area (Å²) in [7, 11) is 0. The first-order valence-corrected chi connectivity index (χ1v) is 6.54. The highest BCUT2D eigenvalue weighted by Gasteiger charge is 2.48. The molecular weight excluding hydrogens is 268 g/mol. The van der Waals surface area contributed by atoms with Crippen molar-refractivity contribution in [3.05, 3.63) is 28.2 Å². The van der Waals surface area contributed by atoms with Crippen molar-refractivity contribution in [2.45, 2.75) is 37.9 Å². The lowest BCUT2D eigenvalue weighted by molar-refractivity contribution is -0.0925. The summed E-state index contributed by atoms with van der Waals surface area (Å²) in [5, 5.41) is 10.1. The van der Waals surface area contributed by atoms with Gasteiger partial charge in [-0.3, -0.25) is 0 Å². The van der Waals surface area contributed by atoms with Crippen LogP contribution in [0.2, 0.25) is 0 Å². The lowest BCUT2D eigenvalue weighted by Gasteiger charge is -2.50. The third kappa shape index (κ3) is 1.57. The summed E-state index contributed by atoms with van der Waals surface area (Å²) in [6.45, 7) is 2.23. The van der Waals surface area contributed by atoms with E-state index >= 15 is 0 Å². The number of hydrogen-bond acceptors (Lipinski definition) is 2. The van der Waals surface area contributed by atoms with Crippen LogP contribution in [0, 0.1) is 5.92 Å². The van der Waals surface area contributed by atoms with Crippen LogP contribution in [0.5, 0.6) is 5.75 Å². The Morgan fingerprint density at radius 1 is 1.38 bits per heavy atom. The summed E-state index contributed by atoms with van der Waals surface area (Å²) in [5.41, 5.74) is 0.834. The van der Waals surface area contributed by atoms with Crippen molar-refractivity contribution in [1.29, 1.82) is 0 Å². The quantitative estimate of drug-likeness (QED) is 0.790. The third-order valence-electron chi connectivity index (χ3n) is 3.67. The summed E-state index contributed by atoms with van der Waals surface area (Å²) >= 11 is 3.44. The van der Waals surface area contributed by atoms with E-state index in [1.165, 1.54) is 0 Å². The van der Waals surface area contributed by atoms with Crippen molar-refractivity contribution < 1.29 is 9.84 Å². The molecule has 0 bridgehead atoms. The molecule has 1 heterocycles. The molecule has 3 heteroatoms. The second-order valence-corrected chi connectivity index (χ2v) is 6.12. The number of halogens is 1. The number of rotatable bonds is 0. The number of fused-ring (bicyclic) bond motifs is 1. The van der Waals surface area contributed by atoms with Crippen LogP contribution in [-0.4, -0.2) is 10.7 Å². The maximum Gasteiger partial charge on any atom is 0.127 e. The zero-order chi connectivity index (χ0) is 11.3. The van der Waals surface area contributed by atoms with Crippen LogP contribution < -0.4 is 4.74 Å². The first-order valence-electron chi connectivity index (χ1n) is 5.74. The fourth-order valence-electron chi connectivity index (χ4n) is 3.07. The Morgan fingerprint density at radius 3 is 2.81 bits per heavy atom. The van der Waals surface area contributed by atoms with Gasteiger partial charge in [0.15, 0.2) is 0 Å². The van der Waals surface area contributed by atoms with Gasteiger partial charge in [0, 0.05) is 16.5 Å². The monoisotopic (exact) mass is 282 g/mol. The van der Waals surface area contributed by atoms with E-state index < -0.39 is 0 Å². The predicted molar refractivity (Wildman–Crippen MR) is 65.5 cm³/mol. The Hall–Kier alpha value is -0.540. The van der Waals surface area contributed by atoms with Gasteiger partial charge in [-0.25, -0.2) is 0 Å². The zero-order valence-electron chi connectivity index (χ0n) is 9.24. The molecule has 0 amide bonds. The van der Waals surface area contributed by atoms with Crippen molar-refractivity contribution in [1.82, 2.24) is 0 Å². The van der Waals surface area contributed by atoms with Crippen molar-refractivity contribution >= 4 is 15.9 Å². The van der Waals surface area contributed by atoms with Gasteiger partial charge in [0.2, 0.25) is 0 Å². The van der Waals surface area contributed by atoms with E-state index in [2.05, 4.69) is 22.9 Å². The van der Waals surface area contributed by atoms with Crippen LogP contribution in [-0.2, 0) is 0 Å². The molecule has 2 aliphatic rings. The Bertz CT molecular complexity index is 424. The molecule has 0 aromatic heterocycles. The Labute approximate surface area is 104 Å². The second kappa shape index (κ2) is 3.47. The number of benzene rings is 1. The molecule has 1 aliphatic heterocycles. The largest absolute Gasteiger partial charge is 0.487 e. The van der Waals surface area contributed by atoms with Gasteiger partial charge in [-0.15, -0.1) is 0 Å². The molecule has 1 fully saturated rings. The van der Waals surface area contributed by atoms with Crippen molar-refractivity contribution in [2.75, 3.05) is 0 Å². The van der Waals surface area contributed by atoms with E-state index in [-0.39, 0.29) is 11.7 Å². The van der Waals surface area contributed by atoms with Gasteiger partial charge >= 0.3 is 0 Å². The highest BCUT2D eigenvalue weighted by atomic mass is 79.9. The van der Waals surface area contributed by atoms with Crippen LogP contribution in [0.15, 0.2) is 22.7 Å². The SMILES string of the molecule is CC1CC2(C1)C[C@@H](O)c1ccc(Br)cc1O2. The molecule has 3 rings (SSSR count). The lowest BCUT2D eigenvalue weighted by Crippen LogP contribution is -2.51. The van der Waals surface area contributed by atoms with Crippen molar-refractivity contribution in [3.8, 4) is 5.75 Å². The van der Waals surface area contributed by atoms with Crippen molar-refractivity contribution in [3.63, 3.8) is 0 Å². The first kappa shape index (κ1) is 10.6. The summed E-state index contributed by atoms with van der Waals surface area (Å²) in [6, 6.07) is 5.86. The molecular formula is C13H15BrO2. The minimum Gasteiger partial charge on any atom is -0.487 e. The van der Waals surface area contributed by atoms with Gasteiger partial charge in [-0.1, -0.05) is 28.9 Å². The smallest absolute Gasteiger partial charge is 0.127 e. The van der Waals surface area contributed by atoms with E-state index in [1.807, 2.05) is 18.2 Å². The van der Waals surface area contributed by atoms with Gasteiger partial charge in [0.1, 0.15) is 11.4 Å². The van der Waals surface area contributed by atoms with E-state index in [0.29, 0.717) is 0 Å². The molecule has 0 saturated heterocycles. The lowest BCUT2D eigenvalue weighted by atomic mass is 9.67. The van der Waals surface area contributed by atoms with Gasteiger partial charge in [-0.05, 0) is 30.9 Å². The minimum absolute atomic E-state index is 0.0906. The van der Waals surface area contributed by atoms with Crippen LogP contribution in [0.3, 0.4) is 0 Å². The number of aliphatic hydroxyl groups is 1. The molecule has 1 aliphatic carbocycles. The average Bonchev–Trinajstić information content (AvgIpc) is 2.14. The topological polar surface area (TPSA) is 29.5 Å². The maximum atomic E-state index is 10.1. The third-order valence-corrected chi connectivity index (χ3v) is 4.16. The highest BCUT2D eigenvalue weighted by Crippen LogP contribution is 2.51. The molecule has 1 aromatic carbocycles. The molecule has 1 atom stereocenters. The normalized spacial score (nSPS) is 36.4. The van der Waals surface area contributed by atoms with E-state index in [1.54, 1.807) is 0 Å². The summed E-state index contributed by atoms with van der Waals surface area (Å²) in [4.78, 5) is 0. The number of aliphatic hydroxyl groups excluding tert-OH is 1.